The molecule has 2 aromatic rings. The van der Waals surface area contributed by atoms with Gasteiger partial charge in [0.2, 0.25) is 5.76 Å². The van der Waals surface area contributed by atoms with E-state index in [1.807, 2.05) is 0 Å². The third-order valence-corrected chi connectivity index (χ3v) is 3.08. The Morgan fingerprint density at radius 3 is 2.72 bits per heavy atom. The van der Waals surface area contributed by atoms with Crippen molar-refractivity contribution < 1.29 is 27.7 Å². The molecule has 5 nitrogen and oxygen atoms in total. The molecule has 9 heteroatoms. The number of alkyl halides is 3. The highest BCUT2D eigenvalue weighted by atomic mass is 32.1. The van der Waals surface area contributed by atoms with Crippen molar-refractivity contribution in [2.45, 2.75) is 6.18 Å². The van der Waals surface area contributed by atoms with Crippen molar-refractivity contribution in [1.82, 2.24) is 10.6 Å². The van der Waals surface area contributed by atoms with Crippen LogP contribution in [-0.4, -0.2) is 16.3 Å². The van der Waals surface area contributed by atoms with E-state index in [9.17, 15) is 18.0 Å². The summed E-state index contributed by atoms with van der Waals surface area (Å²) in [7, 11) is 0. The third-order valence-electron chi connectivity index (χ3n) is 1.97. The van der Waals surface area contributed by atoms with E-state index in [0.717, 1.165) is 17.4 Å². The maximum absolute atomic E-state index is 12.3. The summed E-state index contributed by atoms with van der Waals surface area (Å²) in [5, 5.41) is 11.7. The minimum atomic E-state index is -4.60. The molecule has 0 bridgehead atoms. The Hall–Kier alpha value is -1.87. The number of nitrogens with one attached hydrogen (secondary N) is 1. The molecule has 0 unspecified atom stereocenters. The van der Waals surface area contributed by atoms with Crippen molar-refractivity contribution in [3.05, 3.63) is 28.8 Å². The average molecular weight is 278 g/mol. The molecule has 2 heterocycles. The smallest absolute Gasteiger partial charge is 0.351 e. The van der Waals surface area contributed by atoms with E-state index < -0.39 is 17.8 Å². The van der Waals surface area contributed by atoms with E-state index in [0.29, 0.717) is 4.88 Å². The van der Waals surface area contributed by atoms with Crippen LogP contribution in [0.1, 0.15) is 15.4 Å². The van der Waals surface area contributed by atoms with Gasteiger partial charge in [0, 0.05) is 6.07 Å². The summed E-state index contributed by atoms with van der Waals surface area (Å²) in [6.07, 6.45) is -4.60. The van der Waals surface area contributed by atoms with Crippen LogP contribution < -0.4 is 5.48 Å². The molecule has 0 saturated heterocycles. The minimum Gasteiger partial charge on any atom is -0.351 e. The van der Waals surface area contributed by atoms with Crippen LogP contribution in [0.25, 0.3) is 10.6 Å². The van der Waals surface area contributed by atoms with Gasteiger partial charge in [-0.1, -0.05) is 5.16 Å². The van der Waals surface area contributed by atoms with E-state index in [2.05, 4.69) is 9.68 Å². The van der Waals surface area contributed by atoms with Crippen LogP contribution in [0.5, 0.6) is 0 Å². The van der Waals surface area contributed by atoms with Gasteiger partial charge in [0.1, 0.15) is 5.69 Å². The summed E-state index contributed by atoms with van der Waals surface area (Å²) in [6, 6.07) is 3.51. The number of amides is 1. The molecule has 1 amide bonds. The number of rotatable bonds is 2. The Balaban J connectivity index is 2.30. The van der Waals surface area contributed by atoms with E-state index in [4.69, 9.17) is 5.21 Å². The van der Waals surface area contributed by atoms with Crippen LogP contribution in [0.2, 0.25) is 0 Å². The molecule has 0 aliphatic carbocycles. The van der Waals surface area contributed by atoms with E-state index in [1.54, 1.807) is 0 Å². The Bertz CT molecular complexity index is 576. The normalized spacial score (nSPS) is 11.6. The number of thiophene rings is 1. The SMILES string of the molecule is O=C(NO)c1ccc(-c2cc(C(F)(F)F)on2)s1. The first-order valence-electron chi connectivity index (χ1n) is 4.50. The lowest BCUT2D eigenvalue weighted by atomic mass is 10.3. The Morgan fingerprint density at radius 1 is 1.44 bits per heavy atom. The lowest BCUT2D eigenvalue weighted by Crippen LogP contribution is -2.16. The predicted octanol–water partition coefficient (Wildman–Crippen LogP) is 2.54. The number of hydrogen-bond acceptors (Lipinski definition) is 5. The first-order chi connectivity index (χ1) is 8.41. The summed E-state index contributed by atoms with van der Waals surface area (Å²) in [5.41, 5.74) is 1.40. The fraction of sp³-hybridized carbons (Fsp3) is 0.111. The molecule has 0 aliphatic heterocycles. The predicted molar refractivity (Wildman–Crippen MR) is 54.1 cm³/mol. The van der Waals surface area contributed by atoms with Gasteiger partial charge in [-0.25, -0.2) is 5.48 Å². The molecule has 2 rings (SSSR count). The molecule has 0 radical (unpaired) electrons. The first kappa shape index (κ1) is 12.6. The van der Waals surface area contributed by atoms with Crippen LogP contribution >= 0.6 is 11.3 Å². The fourth-order valence-electron chi connectivity index (χ4n) is 1.18. The molecule has 2 aromatic heterocycles. The summed E-state index contributed by atoms with van der Waals surface area (Å²) in [5.74, 6) is -1.95. The number of aromatic nitrogens is 1. The van der Waals surface area contributed by atoms with E-state index in [-0.39, 0.29) is 10.6 Å². The molecule has 0 saturated carbocycles. The number of hydrogen-bond donors (Lipinski definition) is 2. The molecule has 0 aliphatic rings. The third kappa shape index (κ3) is 2.36. The van der Waals surface area contributed by atoms with Crippen molar-refractivity contribution in [2.75, 3.05) is 0 Å². The van der Waals surface area contributed by atoms with Crippen molar-refractivity contribution in [2.24, 2.45) is 0 Å². The van der Waals surface area contributed by atoms with Gasteiger partial charge in [-0.3, -0.25) is 10.0 Å². The van der Waals surface area contributed by atoms with Gasteiger partial charge < -0.3 is 4.52 Å². The molecule has 0 atom stereocenters. The molecular formula is C9H5F3N2O3S. The molecular weight excluding hydrogens is 273 g/mol. The summed E-state index contributed by atoms with van der Waals surface area (Å²) >= 11 is 0.881. The van der Waals surface area contributed by atoms with Crippen LogP contribution in [0.4, 0.5) is 13.2 Å². The first-order valence-corrected chi connectivity index (χ1v) is 5.32. The lowest BCUT2D eigenvalue weighted by Gasteiger charge is -1.97. The Morgan fingerprint density at radius 2 is 2.17 bits per heavy atom. The van der Waals surface area contributed by atoms with Gasteiger partial charge >= 0.3 is 6.18 Å². The number of carbonyl (C=O) groups is 1. The van der Waals surface area contributed by atoms with Crippen LogP contribution in [-0.2, 0) is 6.18 Å². The van der Waals surface area contributed by atoms with Gasteiger partial charge in [0.15, 0.2) is 0 Å². The van der Waals surface area contributed by atoms with Crippen molar-refractivity contribution in [3.63, 3.8) is 0 Å². The number of nitrogens with zero attached hydrogens (tertiary/aromatic N) is 1. The molecule has 0 spiro atoms. The van der Waals surface area contributed by atoms with Crippen LogP contribution in [0.15, 0.2) is 22.7 Å². The molecule has 18 heavy (non-hydrogen) atoms. The number of halogens is 3. The van der Waals surface area contributed by atoms with Gasteiger partial charge in [0.25, 0.3) is 5.91 Å². The van der Waals surface area contributed by atoms with Crippen molar-refractivity contribution in [3.8, 4) is 10.6 Å². The lowest BCUT2D eigenvalue weighted by molar-refractivity contribution is -0.155. The van der Waals surface area contributed by atoms with Gasteiger partial charge in [-0.2, -0.15) is 13.2 Å². The van der Waals surface area contributed by atoms with E-state index in [1.165, 1.54) is 17.6 Å². The number of hydroxylamine groups is 1. The zero-order chi connectivity index (χ0) is 13.3. The van der Waals surface area contributed by atoms with Gasteiger partial charge in [0.05, 0.1) is 9.75 Å². The van der Waals surface area contributed by atoms with Crippen molar-refractivity contribution >= 4 is 17.2 Å². The maximum Gasteiger partial charge on any atom is 0.452 e. The summed E-state index contributed by atoms with van der Waals surface area (Å²) < 4.78 is 41.0. The highest BCUT2D eigenvalue weighted by molar-refractivity contribution is 7.17. The van der Waals surface area contributed by atoms with Crippen LogP contribution in [0.3, 0.4) is 0 Å². The van der Waals surface area contributed by atoms with E-state index >= 15 is 0 Å². The Labute approximate surface area is 102 Å². The standard InChI is InChI=1S/C9H5F3N2O3S/c10-9(11,12)7-3-4(14-17-7)5-1-2-6(18-5)8(15)13-16/h1-3,16H,(H,13,15). The zero-order valence-electron chi connectivity index (χ0n) is 8.49. The summed E-state index contributed by atoms with van der Waals surface area (Å²) in [6.45, 7) is 0. The van der Waals surface area contributed by atoms with Crippen LogP contribution in [0, 0.1) is 0 Å². The maximum atomic E-state index is 12.3. The molecule has 0 fully saturated rings. The second-order valence-electron chi connectivity index (χ2n) is 3.18. The number of carbonyl (C=O) groups excluding carboxylic acids is 1. The molecule has 0 aromatic carbocycles. The van der Waals surface area contributed by atoms with Gasteiger partial charge in [-0.05, 0) is 12.1 Å². The average Bonchev–Trinajstić information content (AvgIpc) is 2.94. The fourth-order valence-corrected chi connectivity index (χ4v) is 2.03. The second kappa shape index (κ2) is 4.42. The zero-order valence-corrected chi connectivity index (χ0v) is 9.30. The van der Waals surface area contributed by atoms with Gasteiger partial charge in [-0.15, -0.1) is 11.3 Å². The highest BCUT2D eigenvalue weighted by Gasteiger charge is 2.36. The topological polar surface area (TPSA) is 75.4 Å². The quantitative estimate of drug-likeness (QED) is 0.654. The minimum absolute atomic E-state index is 0.0238. The molecule has 96 valence electrons. The largest absolute Gasteiger partial charge is 0.452 e. The monoisotopic (exact) mass is 278 g/mol. The molecule has 2 N–H and O–H groups in total. The van der Waals surface area contributed by atoms with Crippen molar-refractivity contribution in [1.29, 1.82) is 0 Å². The highest BCUT2D eigenvalue weighted by Crippen LogP contribution is 2.34. The Kier molecular flexibility index (Phi) is 3.09. The second-order valence-corrected chi connectivity index (χ2v) is 4.26. The summed E-state index contributed by atoms with van der Waals surface area (Å²) in [4.78, 5) is 11.5.